The molecule has 1 aromatic rings. The Hall–Kier alpha value is -2.84. The number of benzene rings is 1. The van der Waals surface area contributed by atoms with Crippen LogP contribution in [0.25, 0.3) is 0 Å². The molecule has 0 aromatic heterocycles. The Balaban J connectivity index is 2.34. The number of ether oxygens (including phenoxy) is 1. The lowest BCUT2D eigenvalue weighted by atomic mass is 10.2. The molecular formula is C11H13N3O6. The lowest BCUT2D eigenvalue weighted by molar-refractivity contribution is -0.704. The normalized spacial score (nSPS) is 10.8. The number of carbonyl (C=O) groups is 2. The largest absolute Gasteiger partial charge is 0.569 e. The zero-order valence-electron chi connectivity index (χ0n) is 10.6. The van der Waals surface area contributed by atoms with Crippen molar-refractivity contribution in [1.82, 2.24) is 5.01 Å². The Labute approximate surface area is 114 Å². The SMILES string of the molecule is CN(CC(=O)O)[N+]([O-])=NOCOC(=O)c1ccccc1. The van der Waals surface area contributed by atoms with Crippen molar-refractivity contribution < 1.29 is 29.2 Å². The average Bonchev–Trinajstić information content (AvgIpc) is 2.43. The Morgan fingerprint density at radius 2 is 2.05 bits per heavy atom. The van der Waals surface area contributed by atoms with Crippen LogP contribution in [0.2, 0.25) is 0 Å². The summed E-state index contributed by atoms with van der Waals surface area (Å²) in [5.74, 6) is -1.82. The molecule has 0 bridgehead atoms. The average molecular weight is 283 g/mol. The molecule has 1 aromatic carbocycles. The molecule has 0 atom stereocenters. The van der Waals surface area contributed by atoms with E-state index in [0.29, 0.717) is 5.56 Å². The molecule has 0 aliphatic rings. The van der Waals surface area contributed by atoms with E-state index < -0.39 is 25.3 Å². The number of hydrogen-bond acceptors (Lipinski definition) is 6. The van der Waals surface area contributed by atoms with Crippen LogP contribution in [-0.2, 0) is 14.4 Å². The summed E-state index contributed by atoms with van der Waals surface area (Å²) in [5.41, 5.74) is 0.332. The number of aliphatic carboxylic acids is 1. The maximum absolute atomic E-state index is 11.4. The number of esters is 1. The first-order valence-corrected chi connectivity index (χ1v) is 5.46. The van der Waals surface area contributed by atoms with E-state index in [9.17, 15) is 14.8 Å². The number of hydrazine groups is 1. The van der Waals surface area contributed by atoms with Gasteiger partial charge in [0.2, 0.25) is 5.28 Å². The summed E-state index contributed by atoms with van der Waals surface area (Å²) in [7, 11) is 1.21. The second-order valence-electron chi connectivity index (χ2n) is 3.59. The number of carboxylic acid groups (broad SMARTS) is 1. The molecule has 0 amide bonds. The molecule has 0 unspecified atom stereocenters. The maximum Gasteiger partial charge on any atom is 0.341 e. The summed E-state index contributed by atoms with van der Waals surface area (Å²) in [4.78, 5) is 26.2. The molecular weight excluding hydrogens is 270 g/mol. The number of hydrogen-bond donors (Lipinski definition) is 1. The molecule has 1 rings (SSSR count). The van der Waals surface area contributed by atoms with E-state index in [-0.39, 0.29) is 4.97 Å². The predicted molar refractivity (Wildman–Crippen MR) is 64.1 cm³/mol. The Bertz CT molecular complexity index is 490. The highest BCUT2D eigenvalue weighted by Gasteiger charge is 2.11. The van der Waals surface area contributed by atoms with Crippen molar-refractivity contribution in [2.75, 3.05) is 20.4 Å². The van der Waals surface area contributed by atoms with E-state index in [1.165, 1.54) is 7.05 Å². The minimum Gasteiger partial charge on any atom is -0.569 e. The van der Waals surface area contributed by atoms with Gasteiger partial charge < -0.3 is 19.9 Å². The van der Waals surface area contributed by atoms with Gasteiger partial charge in [-0.15, -0.1) is 5.01 Å². The van der Waals surface area contributed by atoms with Gasteiger partial charge >= 0.3 is 11.9 Å². The molecule has 0 spiro atoms. The summed E-state index contributed by atoms with van der Waals surface area (Å²) < 4.78 is 4.68. The Morgan fingerprint density at radius 1 is 1.40 bits per heavy atom. The predicted octanol–water partition coefficient (Wildman–Crippen LogP) is 0.626. The molecule has 0 radical (unpaired) electrons. The van der Waals surface area contributed by atoms with Crippen molar-refractivity contribution in [2.45, 2.75) is 0 Å². The van der Waals surface area contributed by atoms with Gasteiger partial charge in [-0.2, -0.15) is 0 Å². The third-order valence-electron chi connectivity index (χ3n) is 2.04. The lowest BCUT2D eigenvalue weighted by Gasteiger charge is -2.09. The van der Waals surface area contributed by atoms with Crippen molar-refractivity contribution in [2.24, 2.45) is 5.28 Å². The second kappa shape index (κ2) is 7.56. The topological polar surface area (TPSA) is 114 Å². The van der Waals surface area contributed by atoms with E-state index in [1.54, 1.807) is 30.3 Å². The van der Waals surface area contributed by atoms with Crippen molar-refractivity contribution in [3.63, 3.8) is 0 Å². The number of carboxylic acids is 1. The number of carbonyl (C=O) groups excluding carboxylic acids is 1. The quantitative estimate of drug-likeness (QED) is 0.195. The molecule has 0 heterocycles. The smallest absolute Gasteiger partial charge is 0.341 e. The van der Waals surface area contributed by atoms with Gasteiger partial charge in [0.05, 0.1) is 17.6 Å². The molecule has 0 aliphatic heterocycles. The second-order valence-corrected chi connectivity index (χ2v) is 3.59. The molecule has 0 fully saturated rings. The fraction of sp³-hybridized carbons (Fsp3) is 0.273. The van der Waals surface area contributed by atoms with Gasteiger partial charge in [-0.05, 0) is 12.1 Å². The van der Waals surface area contributed by atoms with Crippen molar-refractivity contribution in [3.8, 4) is 0 Å². The minimum absolute atomic E-state index is 0.0650. The zero-order valence-corrected chi connectivity index (χ0v) is 10.6. The molecule has 9 nitrogen and oxygen atoms in total. The fourth-order valence-electron chi connectivity index (χ4n) is 1.13. The van der Waals surface area contributed by atoms with Crippen LogP contribution in [0.4, 0.5) is 0 Å². The third-order valence-corrected chi connectivity index (χ3v) is 2.04. The number of rotatable bonds is 7. The summed E-state index contributed by atoms with van der Waals surface area (Å²) in [5, 5.41) is 23.3. The first kappa shape index (κ1) is 15.2. The van der Waals surface area contributed by atoms with Crippen LogP contribution < -0.4 is 0 Å². The summed E-state index contributed by atoms with van der Waals surface area (Å²) in [6.45, 7) is -1.10. The van der Waals surface area contributed by atoms with Gasteiger partial charge in [0.15, 0.2) is 6.54 Å². The third kappa shape index (κ3) is 5.21. The minimum atomic E-state index is -1.20. The van der Waals surface area contributed by atoms with E-state index in [1.807, 2.05) is 0 Å². The molecule has 9 heteroatoms. The summed E-state index contributed by atoms with van der Waals surface area (Å²) in [6, 6.07) is 8.19. The highest BCUT2D eigenvalue weighted by atomic mass is 16.8. The van der Waals surface area contributed by atoms with Crippen molar-refractivity contribution >= 4 is 11.9 Å². The van der Waals surface area contributed by atoms with Crippen LogP contribution in [0.1, 0.15) is 10.4 Å². The summed E-state index contributed by atoms with van der Waals surface area (Å²) in [6.07, 6.45) is 0. The van der Waals surface area contributed by atoms with E-state index in [0.717, 1.165) is 5.01 Å². The van der Waals surface area contributed by atoms with Gasteiger partial charge in [0.1, 0.15) is 0 Å². The van der Waals surface area contributed by atoms with Crippen LogP contribution in [-0.4, -0.2) is 47.4 Å². The standard InChI is InChI=1S/C11H13N3O6/c1-13(7-10(15)16)14(18)12-20-8-19-11(17)9-5-3-2-4-6-9/h2-6H,7-8H2,1H3,(H,15,16). The summed E-state index contributed by atoms with van der Waals surface area (Å²) >= 11 is 0. The first-order chi connectivity index (χ1) is 9.50. The van der Waals surface area contributed by atoms with Crippen molar-refractivity contribution in [1.29, 1.82) is 0 Å². The number of nitrogens with zero attached hydrogens (tertiary/aromatic N) is 3. The van der Waals surface area contributed by atoms with E-state index >= 15 is 0 Å². The Kier molecular flexibility index (Phi) is 5.75. The van der Waals surface area contributed by atoms with Crippen LogP contribution in [0.5, 0.6) is 0 Å². The van der Waals surface area contributed by atoms with E-state index in [2.05, 4.69) is 14.9 Å². The number of likely N-dealkylation sites (N-methyl/N-ethyl adjacent to an activating group) is 1. The van der Waals surface area contributed by atoms with Gasteiger partial charge in [-0.3, -0.25) is 4.79 Å². The molecule has 0 saturated heterocycles. The molecule has 108 valence electrons. The van der Waals surface area contributed by atoms with Gasteiger partial charge in [-0.1, -0.05) is 18.2 Å². The van der Waals surface area contributed by atoms with Crippen LogP contribution in [0.3, 0.4) is 0 Å². The van der Waals surface area contributed by atoms with Crippen molar-refractivity contribution in [3.05, 3.63) is 41.1 Å². The highest BCUT2D eigenvalue weighted by Crippen LogP contribution is 2.01. The molecule has 20 heavy (non-hydrogen) atoms. The molecule has 0 saturated carbocycles. The van der Waals surface area contributed by atoms with E-state index in [4.69, 9.17) is 5.11 Å². The van der Waals surface area contributed by atoms with Gasteiger partial charge in [0.25, 0.3) is 6.79 Å². The van der Waals surface area contributed by atoms with Gasteiger partial charge in [-0.25, -0.2) is 4.79 Å². The van der Waals surface area contributed by atoms with Crippen LogP contribution >= 0.6 is 0 Å². The van der Waals surface area contributed by atoms with Crippen LogP contribution in [0, 0.1) is 5.21 Å². The zero-order chi connectivity index (χ0) is 15.0. The maximum atomic E-state index is 11.4. The van der Waals surface area contributed by atoms with Gasteiger partial charge in [0, 0.05) is 0 Å². The van der Waals surface area contributed by atoms with Crippen LogP contribution in [0.15, 0.2) is 35.6 Å². The monoisotopic (exact) mass is 283 g/mol. The fourth-order valence-corrected chi connectivity index (χ4v) is 1.13. The lowest BCUT2D eigenvalue weighted by Crippen LogP contribution is -2.31. The molecule has 1 N–H and O–H groups in total. The Morgan fingerprint density at radius 3 is 2.65 bits per heavy atom. The first-order valence-electron chi connectivity index (χ1n) is 5.46. The molecule has 0 aliphatic carbocycles. The highest BCUT2D eigenvalue weighted by molar-refractivity contribution is 5.89.